The lowest BCUT2D eigenvalue weighted by Crippen LogP contribution is -2.32. The Morgan fingerprint density at radius 2 is 1.73 bits per heavy atom. The monoisotopic (exact) mass is 420 g/mol. The van der Waals surface area contributed by atoms with Gasteiger partial charge in [-0.3, -0.25) is 4.79 Å². The first-order valence-electron chi connectivity index (χ1n) is 9.76. The summed E-state index contributed by atoms with van der Waals surface area (Å²) in [5, 5.41) is 3.99. The first-order chi connectivity index (χ1) is 14.6. The molecule has 5 nitrogen and oxygen atoms in total. The third-order valence-corrected chi connectivity index (χ3v) is 5.44. The molecule has 0 aromatic heterocycles. The van der Waals surface area contributed by atoms with Crippen LogP contribution in [0.25, 0.3) is 0 Å². The predicted octanol–water partition coefficient (Wildman–Crippen LogP) is 5.28. The number of para-hydroxylation sites is 1. The Morgan fingerprint density at radius 1 is 1.03 bits per heavy atom. The molecule has 0 fully saturated rings. The van der Waals surface area contributed by atoms with Gasteiger partial charge in [0.25, 0.3) is 5.91 Å². The van der Waals surface area contributed by atoms with Gasteiger partial charge in [0, 0.05) is 22.7 Å². The number of nitrogens with one attached hydrogen (secondary N) is 1. The van der Waals surface area contributed by atoms with Gasteiger partial charge in [0.05, 0.1) is 17.9 Å². The maximum Gasteiger partial charge on any atom is 0.340 e. The van der Waals surface area contributed by atoms with E-state index in [1.54, 1.807) is 24.0 Å². The third-order valence-electron chi connectivity index (χ3n) is 5.07. The number of halogens is 1. The van der Waals surface area contributed by atoms with Gasteiger partial charge in [-0.1, -0.05) is 60.1 Å². The molecule has 1 aliphatic rings. The van der Waals surface area contributed by atoms with Crippen molar-refractivity contribution in [2.75, 3.05) is 11.9 Å². The largest absolute Gasteiger partial charge is 0.462 e. The number of amides is 1. The highest BCUT2D eigenvalue weighted by Gasteiger charge is 2.37. The summed E-state index contributed by atoms with van der Waals surface area (Å²) in [6, 6.07) is 22.1. The van der Waals surface area contributed by atoms with Crippen molar-refractivity contribution in [3.63, 3.8) is 0 Å². The SMILES string of the molecule is CCOC(=O)c1ccccc1N[C@H]1c2ccccc2C(=O)N1Cc1ccccc1Cl. The Balaban J connectivity index is 1.72. The van der Waals surface area contributed by atoms with E-state index in [4.69, 9.17) is 16.3 Å². The second kappa shape index (κ2) is 8.59. The van der Waals surface area contributed by atoms with Gasteiger partial charge in [-0.25, -0.2) is 4.79 Å². The number of hydrogen-bond acceptors (Lipinski definition) is 4. The van der Waals surface area contributed by atoms with Crippen LogP contribution >= 0.6 is 11.6 Å². The molecule has 3 aromatic carbocycles. The van der Waals surface area contributed by atoms with Crippen LogP contribution in [-0.2, 0) is 11.3 Å². The fourth-order valence-corrected chi connectivity index (χ4v) is 3.84. The molecule has 3 aromatic rings. The number of anilines is 1. The quantitative estimate of drug-likeness (QED) is 0.551. The molecule has 1 amide bonds. The molecular formula is C24H21ClN2O3. The minimum absolute atomic E-state index is 0.0864. The van der Waals surface area contributed by atoms with E-state index in [1.165, 1.54) is 0 Å². The van der Waals surface area contributed by atoms with Crippen molar-refractivity contribution in [3.8, 4) is 0 Å². The number of hydrogen-bond donors (Lipinski definition) is 1. The minimum atomic E-state index is -0.444. The van der Waals surface area contributed by atoms with Gasteiger partial charge < -0.3 is 15.0 Å². The van der Waals surface area contributed by atoms with Crippen LogP contribution < -0.4 is 5.32 Å². The average molecular weight is 421 g/mol. The summed E-state index contributed by atoms with van der Waals surface area (Å²) in [5.74, 6) is -0.493. The summed E-state index contributed by atoms with van der Waals surface area (Å²) in [7, 11) is 0. The lowest BCUT2D eigenvalue weighted by atomic mass is 10.1. The highest BCUT2D eigenvalue weighted by molar-refractivity contribution is 6.31. The Labute approximate surface area is 180 Å². The first kappa shape index (κ1) is 20.0. The zero-order valence-electron chi connectivity index (χ0n) is 16.5. The van der Waals surface area contributed by atoms with Crippen molar-refractivity contribution in [2.24, 2.45) is 0 Å². The number of fused-ring (bicyclic) bond motifs is 1. The fourth-order valence-electron chi connectivity index (χ4n) is 3.64. The highest BCUT2D eigenvalue weighted by atomic mass is 35.5. The summed E-state index contributed by atoms with van der Waals surface area (Å²) < 4.78 is 5.18. The molecule has 0 aliphatic carbocycles. The molecule has 0 saturated carbocycles. The van der Waals surface area contributed by atoms with E-state index >= 15 is 0 Å². The Kier molecular flexibility index (Phi) is 5.72. The van der Waals surface area contributed by atoms with E-state index in [9.17, 15) is 9.59 Å². The van der Waals surface area contributed by atoms with Gasteiger partial charge in [0.1, 0.15) is 6.17 Å². The van der Waals surface area contributed by atoms with Gasteiger partial charge in [-0.15, -0.1) is 0 Å². The molecule has 4 rings (SSSR count). The smallest absolute Gasteiger partial charge is 0.340 e. The summed E-state index contributed by atoms with van der Waals surface area (Å²) in [6.45, 7) is 2.40. The van der Waals surface area contributed by atoms with E-state index in [2.05, 4.69) is 5.32 Å². The van der Waals surface area contributed by atoms with E-state index in [0.29, 0.717) is 28.4 Å². The maximum atomic E-state index is 13.2. The lowest BCUT2D eigenvalue weighted by Gasteiger charge is -2.28. The van der Waals surface area contributed by atoms with E-state index < -0.39 is 12.1 Å². The summed E-state index contributed by atoms with van der Waals surface area (Å²) >= 11 is 6.35. The number of ether oxygens (including phenoxy) is 1. The molecular weight excluding hydrogens is 400 g/mol. The Morgan fingerprint density at radius 3 is 2.53 bits per heavy atom. The van der Waals surface area contributed by atoms with Crippen LogP contribution in [0.15, 0.2) is 72.8 Å². The summed E-state index contributed by atoms with van der Waals surface area (Å²) in [6.07, 6.45) is -0.444. The topological polar surface area (TPSA) is 58.6 Å². The molecule has 0 saturated heterocycles. The Bertz CT molecular complexity index is 1100. The van der Waals surface area contributed by atoms with Crippen LogP contribution in [0.5, 0.6) is 0 Å². The molecule has 1 heterocycles. The number of carbonyl (C=O) groups is 2. The van der Waals surface area contributed by atoms with E-state index in [-0.39, 0.29) is 12.5 Å². The zero-order chi connectivity index (χ0) is 21.1. The summed E-state index contributed by atoms with van der Waals surface area (Å²) in [5.41, 5.74) is 3.37. The molecule has 6 heteroatoms. The van der Waals surface area contributed by atoms with Crippen LogP contribution in [0.1, 0.15) is 44.9 Å². The van der Waals surface area contributed by atoms with E-state index in [0.717, 1.165) is 11.1 Å². The lowest BCUT2D eigenvalue weighted by molar-refractivity contribution is 0.0527. The van der Waals surface area contributed by atoms with Gasteiger partial charge in [-0.2, -0.15) is 0 Å². The molecule has 0 bridgehead atoms. The zero-order valence-corrected chi connectivity index (χ0v) is 17.2. The molecule has 0 unspecified atom stereocenters. The fraction of sp³-hybridized carbons (Fsp3) is 0.167. The van der Waals surface area contributed by atoms with Crippen molar-refractivity contribution < 1.29 is 14.3 Å². The summed E-state index contributed by atoms with van der Waals surface area (Å²) in [4.78, 5) is 27.3. The standard InChI is InChI=1S/C24H21ClN2O3/c1-2-30-24(29)19-12-6-8-14-21(19)26-22-17-10-4-5-11-18(17)23(28)27(22)15-16-9-3-7-13-20(16)25/h3-14,22,26H,2,15H2,1H3/t22-/m1/s1. The van der Waals surface area contributed by atoms with Gasteiger partial charge >= 0.3 is 5.97 Å². The minimum Gasteiger partial charge on any atom is -0.462 e. The van der Waals surface area contributed by atoms with Crippen molar-refractivity contribution in [3.05, 3.63) is 100 Å². The van der Waals surface area contributed by atoms with Crippen molar-refractivity contribution in [1.29, 1.82) is 0 Å². The number of nitrogens with zero attached hydrogens (tertiary/aromatic N) is 1. The third kappa shape index (κ3) is 3.76. The first-order valence-corrected chi connectivity index (χ1v) is 10.1. The van der Waals surface area contributed by atoms with Crippen molar-refractivity contribution in [1.82, 2.24) is 4.90 Å². The Hall–Kier alpha value is -3.31. The average Bonchev–Trinajstić information content (AvgIpc) is 3.02. The molecule has 1 aliphatic heterocycles. The number of carbonyl (C=O) groups excluding carboxylic acids is 2. The molecule has 30 heavy (non-hydrogen) atoms. The molecule has 0 spiro atoms. The molecule has 152 valence electrons. The van der Waals surface area contributed by atoms with Gasteiger partial charge in [0.2, 0.25) is 0 Å². The number of benzene rings is 3. The second-order valence-electron chi connectivity index (χ2n) is 6.92. The van der Waals surface area contributed by atoms with Crippen LogP contribution in [0.3, 0.4) is 0 Å². The number of esters is 1. The van der Waals surface area contributed by atoms with E-state index in [1.807, 2.05) is 60.7 Å². The molecule has 0 radical (unpaired) electrons. The van der Waals surface area contributed by atoms with Crippen LogP contribution in [0.4, 0.5) is 5.69 Å². The normalized spacial score (nSPS) is 15.1. The number of rotatable bonds is 6. The predicted molar refractivity (Wildman–Crippen MR) is 117 cm³/mol. The van der Waals surface area contributed by atoms with Crippen LogP contribution in [0.2, 0.25) is 5.02 Å². The maximum absolute atomic E-state index is 13.2. The molecule has 1 N–H and O–H groups in total. The van der Waals surface area contributed by atoms with Gasteiger partial charge in [0.15, 0.2) is 0 Å². The second-order valence-corrected chi connectivity index (χ2v) is 7.33. The van der Waals surface area contributed by atoms with Crippen molar-refractivity contribution in [2.45, 2.75) is 19.6 Å². The van der Waals surface area contributed by atoms with Crippen molar-refractivity contribution >= 4 is 29.2 Å². The highest BCUT2D eigenvalue weighted by Crippen LogP contribution is 2.37. The van der Waals surface area contributed by atoms with Crippen LogP contribution in [-0.4, -0.2) is 23.4 Å². The van der Waals surface area contributed by atoms with Crippen LogP contribution in [0, 0.1) is 0 Å². The van der Waals surface area contributed by atoms with Gasteiger partial charge in [-0.05, 0) is 36.8 Å². The molecule has 1 atom stereocenters.